The molecule has 2 aromatic heterocycles. The number of nitrogens with two attached hydrogens (primary N) is 1. The van der Waals surface area contributed by atoms with Crippen molar-refractivity contribution in [3.8, 4) is 17.4 Å². The second kappa shape index (κ2) is 8.74. The lowest BCUT2D eigenvalue weighted by Gasteiger charge is -2.20. The molecule has 1 aliphatic heterocycles. The number of aromatic nitrogens is 5. The molecule has 0 fully saturated rings. The van der Waals surface area contributed by atoms with E-state index < -0.39 is 11.7 Å². The third-order valence-corrected chi connectivity index (χ3v) is 5.44. The van der Waals surface area contributed by atoms with Gasteiger partial charge in [-0.05, 0) is 48.0 Å². The Kier molecular flexibility index (Phi) is 5.45. The fraction of sp³-hybridized carbons (Fsp3) is 0.130. The minimum Gasteiger partial charge on any atom is -0.493 e. The molecule has 0 saturated heterocycles. The Labute approximate surface area is 198 Å². The molecule has 0 saturated carbocycles. The van der Waals surface area contributed by atoms with E-state index in [2.05, 4.69) is 25.4 Å². The number of ether oxygens (including phenoxy) is 2. The van der Waals surface area contributed by atoms with E-state index in [9.17, 15) is 9.59 Å². The number of hydrogen-bond donors (Lipinski definition) is 4. The van der Waals surface area contributed by atoms with E-state index in [0.29, 0.717) is 33.9 Å². The SMILES string of the molecule is COc1cc(C(Nc2ccc(C(=N)N)cc2)c2nn(-c3ncccn3)c(=O)[nH]2)cc2c1OCC2=O. The number of anilines is 1. The summed E-state index contributed by atoms with van der Waals surface area (Å²) in [6, 6.07) is 11.2. The zero-order valence-electron chi connectivity index (χ0n) is 18.5. The second-order valence-corrected chi connectivity index (χ2v) is 7.66. The zero-order valence-corrected chi connectivity index (χ0v) is 18.5. The van der Waals surface area contributed by atoms with Crippen LogP contribution in [0.3, 0.4) is 0 Å². The van der Waals surface area contributed by atoms with Crippen LogP contribution in [0.5, 0.6) is 11.5 Å². The molecule has 0 spiro atoms. The van der Waals surface area contributed by atoms with Gasteiger partial charge in [0.25, 0.3) is 5.95 Å². The van der Waals surface area contributed by atoms with Crippen LogP contribution in [0.1, 0.15) is 33.4 Å². The molecule has 1 aliphatic rings. The van der Waals surface area contributed by atoms with Crippen LogP contribution in [0.2, 0.25) is 0 Å². The van der Waals surface area contributed by atoms with E-state index >= 15 is 0 Å². The average molecular weight is 472 g/mol. The topological polar surface area (TPSA) is 174 Å². The number of H-pyrrole nitrogens is 1. The molecular formula is C23H20N8O4. The van der Waals surface area contributed by atoms with Crippen LogP contribution < -0.4 is 26.2 Å². The highest BCUT2D eigenvalue weighted by molar-refractivity contribution is 6.03. The maximum absolute atomic E-state index is 12.7. The fourth-order valence-corrected chi connectivity index (χ4v) is 3.74. The van der Waals surface area contributed by atoms with Gasteiger partial charge in [0.2, 0.25) is 5.78 Å². The number of carbonyl (C=O) groups excluding carboxylic acids is 1. The van der Waals surface area contributed by atoms with Gasteiger partial charge in [-0.3, -0.25) is 15.2 Å². The number of aromatic amines is 1. The lowest BCUT2D eigenvalue weighted by molar-refractivity contribution is 0.0960. The first-order chi connectivity index (χ1) is 16.9. The summed E-state index contributed by atoms with van der Waals surface area (Å²) in [6.45, 7) is -0.0729. The molecule has 1 unspecified atom stereocenters. The average Bonchev–Trinajstić information content (AvgIpc) is 3.45. The number of hydrogen-bond acceptors (Lipinski definition) is 9. The number of ketones is 1. The fourth-order valence-electron chi connectivity index (χ4n) is 3.74. The molecular weight excluding hydrogens is 452 g/mol. The Bertz CT molecular complexity index is 1480. The van der Waals surface area contributed by atoms with Crippen molar-refractivity contribution in [2.75, 3.05) is 19.0 Å². The maximum Gasteiger partial charge on any atom is 0.350 e. The standard InChI is InChI=1S/C23H20N8O4/c1-34-17-10-13(9-15-16(32)11-35-19(15)17)18(28-14-5-3-12(4-6-14)20(24)25)21-29-23(33)31(30-21)22-26-7-2-8-27-22/h2-10,18,28H,11H2,1H3,(H3,24,25)(H,29,30,33). The summed E-state index contributed by atoms with van der Waals surface area (Å²) >= 11 is 0. The Morgan fingerprint density at radius 3 is 2.66 bits per heavy atom. The number of rotatable bonds is 7. The second-order valence-electron chi connectivity index (χ2n) is 7.66. The Morgan fingerprint density at radius 1 is 1.23 bits per heavy atom. The van der Waals surface area contributed by atoms with Gasteiger partial charge in [0.15, 0.2) is 23.9 Å². The molecule has 0 radical (unpaired) electrons. The highest BCUT2D eigenvalue weighted by Gasteiger charge is 2.29. The number of nitrogens with one attached hydrogen (secondary N) is 3. The van der Waals surface area contributed by atoms with E-state index in [1.807, 2.05) is 0 Å². The van der Waals surface area contributed by atoms with Crippen molar-refractivity contribution in [3.63, 3.8) is 0 Å². The minimum absolute atomic E-state index is 0.0547. The van der Waals surface area contributed by atoms with Crippen LogP contribution in [0.25, 0.3) is 5.95 Å². The van der Waals surface area contributed by atoms with Gasteiger partial charge in [0.05, 0.1) is 12.7 Å². The smallest absolute Gasteiger partial charge is 0.350 e. The van der Waals surface area contributed by atoms with Crippen molar-refractivity contribution in [1.82, 2.24) is 24.7 Å². The summed E-state index contributed by atoms with van der Waals surface area (Å²) in [5.74, 6) is 0.895. The molecule has 35 heavy (non-hydrogen) atoms. The van der Waals surface area contributed by atoms with E-state index in [4.69, 9.17) is 20.6 Å². The highest BCUT2D eigenvalue weighted by atomic mass is 16.5. The normalized spacial score (nSPS) is 13.1. The number of methoxy groups -OCH3 is 1. The molecule has 0 amide bonds. The van der Waals surface area contributed by atoms with Gasteiger partial charge in [0, 0.05) is 23.6 Å². The zero-order chi connectivity index (χ0) is 24.5. The van der Waals surface area contributed by atoms with Gasteiger partial charge in [-0.15, -0.1) is 9.78 Å². The van der Waals surface area contributed by atoms with Crippen molar-refractivity contribution < 1.29 is 14.3 Å². The van der Waals surface area contributed by atoms with E-state index in [1.165, 1.54) is 19.5 Å². The lowest BCUT2D eigenvalue weighted by atomic mass is 10.00. The lowest BCUT2D eigenvalue weighted by Crippen LogP contribution is -2.18. The number of fused-ring (bicyclic) bond motifs is 1. The Balaban J connectivity index is 1.62. The highest BCUT2D eigenvalue weighted by Crippen LogP contribution is 2.39. The minimum atomic E-state index is -0.705. The summed E-state index contributed by atoms with van der Waals surface area (Å²) in [4.78, 5) is 36.1. The largest absolute Gasteiger partial charge is 0.493 e. The summed E-state index contributed by atoms with van der Waals surface area (Å²) < 4.78 is 12.0. The molecule has 2 aromatic carbocycles. The number of benzene rings is 2. The van der Waals surface area contributed by atoms with Crippen LogP contribution in [0.15, 0.2) is 59.7 Å². The predicted molar refractivity (Wildman–Crippen MR) is 126 cm³/mol. The van der Waals surface area contributed by atoms with Crippen LogP contribution >= 0.6 is 0 Å². The number of nitrogen functional groups attached to an aromatic ring is 1. The van der Waals surface area contributed by atoms with Crippen molar-refractivity contribution >= 4 is 17.3 Å². The summed E-state index contributed by atoms with van der Waals surface area (Å²) in [5, 5.41) is 15.3. The van der Waals surface area contributed by atoms with Gasteiger partial charge in [-0.25, -0.2) is 14.8 Å². The van der Waals surface area contributed by atoms with Crippen LogP contribution in [-0.2, 0) is 0 Å². The maximum atomic E-state index is 12.7. The first kappa shape index (κ1) is 21.8. The van der Waals surface area contributed by atoms with Gasteiger partial charge < -0.3 is 20.5 Å². The quantitative estimate of drug-likeness (QED) is 0.229. The van der Waals surface area contributed by atoms with E-state index in [0.717, 1.165) is 4.68 Å². The van der Waals surface area contributed by atoms with Crippen molar-refractivity contribution in [1.29, 1.82) is 5.41 Å². The number of nitrogens with zero attached hydrogens (tertiary/aromatic N) is 4. The molecule has 5 N–H and O–H groups in total. The summed E-state index contributed by atoms with van der Waals surface area (Å²) in [6.07, 6.45) is 3.01. The molecule has 3 heterocycles. The first-order valence-corrected chi connectivity index (χ1v) is 10.5. The summed E-state index contributed by atoms with van der Waals surface area (Å²) in [7, 11) is 1.48. The molecule has 4 aromatic rings. The van der Waals surface area contributed by atoms with Crippen LogP contribution in [0.4, 0.5) is 5.69 Å². The van der Waals surface area contributed by atoms with E-state index in [1.54, 1.807) is 42.5 Å². The molecule has 0 aliphatic carbocycles. The van der Waals surface area contributed by atoms with E-state index in [-0.39, 0.29) is 30.0 Å². The molecule has 12 heteroatoms. The third kappa shape index (κ3) is 4.08. The van der Waals surface area contributed by atoms with Crippen LogP contribution in [0, 0.1) is 5.41 Å². The van der Waals surface area contributed by atoms with Crippen LogP contribution in [-0.4, -0.2) is 50.1 Å². The van der Waals surface area contributed by atoms with Crippen molar-refractivity contribution in [3.05, 3.63) is 87.9 Å². The van der Waals surface area contributed by atoms with Gasteiger partial charge >= 0.3 is 5.69 Å². The number of amidine groups is 1. The van der Waals surface area contributed by atoms with Crippen molar-refractivity contribution in [2.45, 2.75) is 6.04 Å². The first-order valence-electron chi connectivity index (χ1n) is 10.5. The molecule has 12 nitrogen and oxygen atoms in total. The Morgan fingerprint density at radius 2 is 1.97 bits per heavy atom. The molecule has 0 bridgehead atoms. The predicted octanol–water partition coefficient (Wildman–Crippen LogP) is 1.42. The molecule has 176 valence electrons. The van der Waals surface area contributed by atoms with Gasteiger partial charge in [-0.1, -0.05) is 0 Å². The monoisotopic (exact) mass is 472 g/mol. The Hall–Kier alpha value is -5.00. The third-order valence-electron chi connectivity index (χ3n) is 5.44. The summed E-state index contributed by atoms with van der Waals surface area (Å²) in [5.41, 5.74) is 7.24. The molecule has 5 rings (SSSR count). The van der Waals surface area contributed by atoms with Gasteiger partial charge in [-0.2, -0.15) is 0 Å². The van der Waals surface area contributed by atoms with Gasteiger partial charge in [0.1, 0.15) is 11.9 Å². The number of Topliss-reactive ketones (excluding diaryl/α,β-unsaturated/α-hetero) is 1. The van der Waals surface area contributed by atoms with Crippen molar-refractivity contribution in [2.24, 2.45) is 5.73 Å². The number of carbonyl (C=O) groups is 1. The molecule has 1 atom stereocenters.